The highest BCUT2D eigenvalue weighted by Gasteiger charge is 2.16. The van der Waals surface area contributed by atoms with E-state index in [9.17, 15) is 14.3 Å². The molecule has 0 unspecified atom stereocenters. The number of halogens is 1. The minimum atomic E-state index is -1.03. The largest absolute Gasteiger partial charge is 0.387 e. The Morgan fingerprint density at radius 3 is 2.11 bits per heavy atom. The third-order valence-electron chi connectivity index (χ3n) is 2.00. The highest BCUT2D eigenvalue weighted by Crippen LogP contribution is 2.16. The van der Waals surface area contributed by atoms with Gasteiger partial charge in [0.25, 0.3) is 0 Å². The first-order valence-corrected chi connectivity index (χ1v) is 5.52. The van der Waals surface area contributed by atoms with Crippen molar-refractivity contribution in [1.82, 2.24) is 0 Å². The minimum Gasteiger partial charge on any atom is -0.387 e. The van der Waals surface area contributed by atoms with Crippen LogP contribution in [0.2, 0.25) is 0 Å². The van der Waals surface area contributed by atoms with Gasteiger partial charge in [-0.25, -0.2) is 4.39 Å². The summed E-state index contributed by atoms with van der Waals surface area (Å²) in [5.74, 6) is 0. The van der Waals surface area contributed by atoms with Gasteiger partial charge in [0, 0.05) is 5.56 Å². The maximum Gasteiger partial charge on any atom is 0.150 e. The van der Waals surface area contributed by atoms with Crippen molar-refractivity contribution in [3.05, 3.63) is 35.4 Å². The summed E-state index contributed by atoms with van der Waals surface area (Å²) in [4.78, 5) is 18.3. The number of aldehydes is 1. The summed E-state index contributed by atoms with van der Waals surface area (Å²) in [7, 11) is 0. The number of carbonyl (C=O) groups excluding carboxylic acids is 2. The first kappa shape index (κ1) is 18.8. The van der Waals surface area contributed by atoms with Gasteiger partial charge in [-0.2, -0.15) is 0 Å². The molecule has 3 N–H and O–H groups in total. The lowest BCUT2D eigenvalue weighted by molar-refractivity contribution is -0.0980. The van der Waals surface area contributed by atoms with E-state index in [4.69, 9.17) is 10.5 Å². The smallest absolute Gasteiger partial charge is 0.150 e. The van der Waals surface area contributed by atoms with Gasteiger partial charge in [0.1, 0.15) is 19.7 Å². The van der Waals surface area contributed by atoms with E-state index in [1.165, 1.54) is 0 Å². The predicted octanol–water partition coefficient (Wildman–Crippen LogP) is 1.67. The number of alkyl halides is 1. The van der Waals surface area contributed by atoms with Crippen LogP contribution in [0.25, 0.3) is 0 Å². The summed E-state index contributed by atoms with van der Waals surface area (Å²) in [6.07, 6.45) is -0.327. The zero-order chi connectivity index (χ0) is 14.6. The second kappa shape index (κ2) is 11.9. The summed E-state index contributed by atoms with van der Waals surface area (Å²) in [5.41, 5.74) is 6.35. The fourth-order valence-corrected chi connectivity index (χ4v) is 1.10. The number of hydrogen-bond acceptors (Lipinski definition) is 4. The second-order valence-electron chi connectivity index (χ2n) is 3.05. The van der Waals surface area contributed by atoms with Gasteiger partial charge in [0.15, 0.2) is 0 Å². The summed E-state index contributed by atoms with van der Waals surface area (Å²) in [6.45, 7) is 5.22. The lowest BCUT2D eigenvalue weighted by Gasteiger charge is -2.15. The molecular formula is C13H20FNO3. The topological polar surface area (TPSA) is 80.4 Å². The van der Waals surface area contributed by atoms with Crippen LogP contribution in [0.1, 0.15) is 35.9 Å². The van der Waals surface area contributed by atoms with E-state index in [2.05, 4.69) is 0 Å². The molecule has 1 rings (SSSR count). The van der Waals surface area contributed by atoms with Crippen molar-refractivity contribution in [1.29, 1.82) is 0 Å². The fraction of sp³-hybridized carbons (Fsp3) is 0.385. The molecule has 0 heterocycles. The molecule has 1 aromatic carbocycles. The van der Waals surface area contributed by atoms with Crippen molar-refractivity contribution in [2.24, 2.45) is 5.73 Å². The Hall–Kier alpha value is -1.59. The Labute approximate surface area is 107 Å². The Bertz CT molecular complexity index is 317. The average Bonchev–Trinajstić information content (AvgIpc) is 2.49. The molecule has 0 amide bonds. The molecule has 0 aliphatic heterocycles. The molecule has 2 atom stereocenters. The summed E-state index contributed by atoms with van der Waals surface area (Å²) in [6, 6.07) is 5.30. The van der Waals surface area contributed by atoms with Crippen LogP contribution in [0.15, 0.2) is 24.3 Å². The van der Waals surface area contributed by atoms with Gasteiger partial charge >= 0.3 is 0 Å². The van der Waals surface area contributed by atoms with Crippen molar-refractivity contribution in [3.63, 3.8) is 0 Å². The SMILES string of the molecule is C=O.CC.N[C@H](CF)[C@H](O)c1ccc(C=O)cc1. The molecule has 0 saturated carbocycles. The van der Waals surface area contributed by atoms with E-state index in [0.717, 1.165) is 0 Å². The zero-order valence-corrected chi connectivity index (χ0v) is 10.7. The Morgan fingerprint density at radius 1 is 1.33 bits per heavy atom. The van der Waals surface area contributed by atoms with Gasteiger partial charge in [-0.3, -0.25) is 4.79 Å². The number of benzene rings is 1. The fourth-order valence-electron chi connectivity index (χ4n) is 1.10. The number of aliphatic hydroxyl groups is 1. The zero-order valence-electron chi connectivity index (χ0n) is 10.7. The molecular weight excluding hydrogens is 237 g/mol. The van der Waals surface area contributed by atoms with Crippen molar-refractivity contribution in [2.75, 3.05) is 6.67 Å². The molecule has 4 nitrogen and oxygen atoms in total. The predicted molar refractivity (Wildman–Crippen MR) is 69.2 cm³/mol. The van der Waals surface area contributed by atoms with Gasteiger partial charge in [-0.05, 0) is 5.56 Å². The summed E-state index contributed by atoms with van der Waals surface area (Å²) < 4.78 is 12.1. The van der Waals surface area contributed by atoms with E-state index in [0.29, 0.717) is 17.4 Å². The van der Waals surface area contributed by atoms with E-state index in [-0.39, 0.29) is 0 Å². The standard InChI is InChI=1S/C10H12FNO2.C2H6.CH2O/c11-5-9(12)10(14)8-3-1-7(6-13)2-4-8;2*1-2/h1-4,6,9-10,14H,5,12H2;1-2H3;1H2/t9-,10-;;/m1../s1. The van der Waals surface area contributed by atoms with Crippen LogP contribution in [0, 0.1) is 0 Å². The van der Waals surface area contributed by atoms with Gasteiger partial charge in [0.05, 0.1) is 12.1 Å². The second-order valence-corrected chi connectivity index (χ2v) is 3.05. The van der Waals surface area contributed by atoms with E-state index < -0.39 is 18.8 Å². The highest BCUT2D eigenvalue weighted by molar-refractivity contribution is 5.74. The Kier molecular flexibility index (Phi) is 12.4. The highest BCUT2D eigenvalue weighted by atomic mass is 19.1. The van der Waals surface area contributed by atoms with Crippen molar-refractivity contribution < 1.29 is 19.1 Å². The van der Waals surface area contributed by atoms with Crippen LogP contribution < -0.4 is 5.73 Å². The van der Waals surface area contributed by atoms with Crippen molar-refractivity contribution in [2.45, 2.75) is 26.0 Å². The molecule has 0 fully saturated rings. The number of nitrogens with two attached hydrogens (primary N) is 1. The third kappa shape index (κ3) is 6.22. The summed E-state index contributed by atoms with van der Waals surface area (Å²) >= 11 is 0. The molecule has 0 bridgehead atoms. The number of hydrogen-bond donors (Lipinski definition) is 2. The lowest BCUT2D eigenvalue weighted by Crippen LogP contribution is -2.30. The van der Waals surface area contributed by atoms with Crippen LogP contribution in [-0.4, -0.2) is 30.9 Å². The maximum atomic E-state index is 12.1. The molecule has 0 aromatic heterocycles. The maximum absolute atomic E-state index is 12.1. The average molecular weight is 257 g/mol. The molecule has 1 aromatic rings. The number of rotatable bonds is 4. The van der Waals surface area contributed by atoms with E-state index in [1.807, 2.05) is 20.6 Å². The van der Waals surface area contributed by atoms with E-state index in [1.54, 1.807) is 24.3 Å². The molecule has 0 aliphatic rings. The summed E-state index contributed by atoms with van der Waals surface area (Å²) in [5, 5.41) is 9.50. The Morgan fingerprint density at radius 2 is 1.78 bits per heavy atom. The van der Waals surface area contributed by atoms with Crippen LogP contribution >= 0.6 is 0 Å². The first-order chi connectivity index (χ1) is 8.69. The van der Waals surface area contributed by atoms with Crippen molar-refractivity contribution >= 4 is 13.1 Å². The van der Waals surface area contributed by atoms with E-state index >= 15 is 0 Å². The van der Waals surface area contributed by atoms with Crippen molar-refractivity contribution in [3.8, 4) is 0 Å². The first-order valence-electron chi connectivity index (χ1n) is 5.52. The molecule has 0 aliphatic carbocycles. The molecule has 18 heavy (non-hydrogen) atoms. The number of carbonyl (C=O) groups is 2. The molecule has 0 radical (unpaired) electrons. The van der Waals surface area contributed by atoms with Crippen LogP contribution in [-0.2, 0) is 4.79 Å². The van der Waals surface area contributed by atoms with Crippen LogP contribution in [0.5, 0.6) is 0 Å². The monoisotopic (exact) mass is 257 g/mol. The molecule has 5 heteroatoms. The van der Waals surface area contributed by atoms with Gasteiger partial charge < -0.3 is 15.6 Å². The Balaban J connectivity index is 0. The number of aliphatic hydroxyl groups excluding tert-OH is 1. The van der Waals surface area contributed by atoms with Crippen LogP contribution in [0.3, 0.4) is 0 Å². The molecule has 0 saturated heterocycles. The normalized spacial score (nSPS) is 12.1. The van der Waals surface area contributed by atoms with Gasteiger partial charge in [0.2, 0.25) is 0 Å². The van der Waals surface area contributed by atoms with Gasteiger partial charge in [-0.15, -0.1) is 0 Å². The third-order valence-corrected chi connectivity index (χ3v) is 2.00. The van der Waals surface area contributed by atoms with Gasteiger partial charge in [-0.1, -0.05) is 38.1 Å². The quantitative estimate of drug-likeness (QED) is 0.804. The lowest BCUT2D eigenvalue weighted by atomic mass is 10.0. The van der Waals surface area contributed by atoms with Crippen LogP contribution in [0.4, 0.5) is 4.39 Å². The molecule has 102 valence electrons. The molecule has 0 spiro atoms. The minimum absolute atomic E-state index is 0.509.